The van der Waals surface area contributed by atoms with E-state index in [9.17, 15) is 14.3 Å². The second kappa shape index (κ2) is 37.6. The van der Waals surface area contributed by atoms with Crippen molar-refractivity contribution >= 4 is 13.8 Å². The van der Waals surface area contributed by atoms with Gasteiger partial charge in [0.25, 0.3) is 0 Å². The molecule has 8 nitrogen and oxygen atoms in total. The summed E-state index contributed by atoms with van der Waals surface area (Å²) in [5, 5.41) is 0. The highest BCUT2D eigenvalue weighted by atomic mass is 31.2. The van der Waals surface area contributed by atoms with Gasteiger partial charge in [0.15, 0.2) is 0 Å². The van der Waals surface area contributed by atoms with Gasteiger partial charge in [-0.1, -0.05) is 159 Å². The quantitative estimate of drug-likeness (QED) is 0.0218. The molecule has 0 aliphatic rings. The van der Waals surface area contributed by atoms with Crippen LogP contribution in [0, 0.1) is 0 Å². The number of phosphoric acid groups is 1. The lowest BCUT2D eigenvalue weighted by Crippen LogP contribution is -2.37. The SMILES string of the molecule is CCCCC/C=C\C/C=C\C/C=C\CCCCC(=O)O[C@H](COCCCCCCCCCCCCCCCCCC)COP(=O)(O)OCC[N+](C)(C)C. The lowest BCUT2D eigenvalue weighted by molar-refractivity contribution is -0.870. The molecular formula is C44H85NO7P+. The molecule has 0 spiro atoms. The second-order valence-corrected chi connectivity index (χ2v) is 17.2. The van der Waals surface area contributed by atoms with E-state index in [1.54, 1.807) is 0 Å². The largest absolute Gasteiger partial charge is 0.472 e. The molecule has 0 saturated heterocycles. The summed E-state index contributed by atoms with van der Waals surface area (Å²) in [5.41, 5.74) is 0. The topological polar surface area (TPSA) is 91.3 Å². The molecule has 0 aliphatic heterocycles. The Morgan fingerprint density at radius 1 is 0.585 bits per heavy atom. The highest BCUT2D eigenvalue weighted by molar-refractivity contribution is 7.47. The maximum atomic E-state index is 12.7. The number of rotatable bonds is 40. The summed E-state index contributed by atoms with van der Waals surface area (Å²) >= 11 is 0. The second-order valence-electron chi connectivity index (χ2n) is 15.7. The van der Waals surface area contributed by atoms with Crippen molar-refractivity contribution in [2.24, 2.45) is 0 Å². The van der Waals surface area contributed by atoms with Gasteiger partial charge in [0.2, 0.25) is 0 Å². The van der Waals surface area contributed by atoms with Crippen molar-refractivity contribution in [3.05, 3.63) is 36.5 Å². The van der Waals surface area contributed by atoms with Crippen LogP contribution in [0.5, 0.6) is 0 Å². The fraction of sp³-hybridized carbons (Fsp3) is 0.841. The molecule has 9 heteroatoms. The zero-order valence-corrected chi connectivity index (χ0v) is 36.1. The fourth-order valence-corrected chi connectivity index (χ4v) is 6.54. The Kier molecular flexibility index (Phi) is 36.7. The predicted octanol–water partition coefficient (Wildman–Crippen LogP) is 12.6. The Balaban J connectivity index is 4.29. The molecule has 1 unspecified atom stereocenters. The number of allylic oxidation sites excluding steroid dienone is 6. The number of nitrogens with zero attached hydrogens (tertiary/aromatic N) is 1. The van der Waals surface area contributed by atoms with Crippen LogP contribution in [0.4, 0.5) is 0 Å². The third-order valence-electron chi connectivity index (χ3n) is 9.20. The van der Waals surface area contributed by atoms with Crippen LogP contribution in [-0.2, 0) is 27.9 Å². The molecule has 1 N–H and O–H groups in total. The minimum absolute atomic E-state index is 0.0821. The molecule has 0 aromatic carbocycles. The van der Waals surface area contributed by atoms with Gasteiger partial charge >= 0.3 is 13.8 Å². The lowest BCUT2D eigenvalue weighted by Gasteiger charge is -2.24. The zero-order chi connectivity index (χ0) is 39.1. The summed E-state index contributed by atoms with van der Waals surface area (Å²) in [4.78, 5) is 22.8. The maximum absolute atomic E-state index is 12.7. The van der Waals surface area contributed by atoms with Gasteiger partial charge in [-0.05, 0) is 51.4 Å². The summed E-state index contributed by atoms with van der Waals surface area (Å²) in [6.07, 6.45) is 43.2. The molecule has 0 heterocycles. The molecule has 312 valence electrons. The molecule has 0 aliphatic carbocycles. The standard InChI is InChI=1S/C44H84NO7P/c1-6-8-10-12-14-16-18-20-22-24-26-28-30-32-34-36-39-49-41-43(42-51-53(47,48)50-40-38-45(3,4)5)52-44(46)37-35-33-31-29-27-25-23-21-19-17-15-13-11-9-7-2/h15,17,21,23,27,29,43H,6-14,16,18-20,22,24-26,28,30-42H2,1-5H3/p+1/b17-15-,23-21-,29-27-/t43-/m1/s1. The summed E-state index contributed by atoms with van der Waals surface area (Å²) in [7, 11) is 1.65. The predicted molar refractivity (Wildman–Crippen MR) is 224 cm³/mol. The van der Waals surface area contributed by atoms with Crippen LogP contribution in [0.3, 0.4) is 0 Å². The maximum Gasteiger partial charge on any atom is 0.472 e. The minimum atomic E-state index is -4.28. The molecule has 0 saturated carbocycles. The monoisotopic (exact) mass is 771 g/mol. The van der Waals surface area contributed by atoms with Crippen LogP contribution in [0.15, 0.2) is 36.5 Å². The average Bonchev–Trinajstić information content (AvgIpc) is 3.11. The number of hydrogen-bond acceptors (Lipinski definition) is 6. The van der Waals surface area contributed by atoms with Crippen LogP contribution >= 0.6 is 7.82 Å². The summed E-state index contributed by atoms with van der Waals surface area (Å²) in [6.45, 7) is 5.56. The molecule has 53 heavy (non-hydrogen) atoms. The van der Waals surface area contributed by atoms with Gasteiger partial charge < -0.3 is 18.9 Å². The molecule has 0 aromatic rings. The first kappa shape index (κ1) is 51.7. The molecule has 0 fully saturated rings. The highest BCUT2D eigenvalue weighted by Crippen LogP contribution is 2.43. The van der Waals surface area contributed by atoms with E-state index in [-0.39, 0.29) is 32.2 Å². The number of quaternary nitrogens is 1. The van der Waals surface area contributed by atoms with Gasteiger partial charge in [0, 0.05) is 13.0 Å². The molecule has 2 atom stereocenters. The third kappa shape index (κ3) is 41.7. The number of likely N-dealkylation sites (N-methyl/N-ethyl adjacent to an activating group) is 1. The van der Waals surface area contributed by atoms with Gasteiger partial charge in [-0.3, -0.25) is 13.8 Å². The van der Waals surface area contributed by atoms with Crippen molar-refractivity contribution < 1.29 is 37.3 Å². The molecule has 0 radical (unpaired) electrons. The molecule has 0 amide bonds. The van der Waals surface area contributed by atoms with E-state index in [0.29, 0.717) is 24.1 Å². The summed E-state index contributed by atoms with van der Waals surface area (Å²) < 4.78 is 34.9. The fourth-order valence-electron chi connectivity index (χ4n) is 5.79. The highest BCUT2D eigenvalue weighted by Gasteiger charge is 2.26. The smallest absolute Gasteiger partial charge is 0.457 e. The Hall–Kier alpha value is -1.28. The van der Waals surface area contributed by atoms with Crippen molar-refractivity contribution in [1.82, 2.24) is 0 Å². The Morgan fingerprint density at radius 2 is 1.04 bits per heavy atom. The number of hydrogen-bond donors (Lipinski definition) is 1. The van der Waals surface area contributed by atoms with Crippen LogP contribution in [0.1, 0.15) is 181 Å². The normalized spacial score (nSPS) is 14.2. The van der Waals surface area contributed by atoms with Crippen LogP contribution in [-0.4, -0.2) is 75.6 Å². The number of ether oxygens (including phenoxy) is 2. The first-order valence-electron chi connectivity index (χ1n) is 21.7. The minimum Gasteiger partial charge on any atom is -0.457 e. The summed E-state index contributed by atoms with van der Waals surface area (Å²) in [6, 6.07) is 0. The number of phosphoric ester groups is 1. The number of esters is 1. The van der Waals surface area contributed by atoms with Gasteiger partial charge in [0.1, 0.15) is 19.3 Å². The van der Waals surface area contributed by atoms with Crippen molar-refractivity contribution in [3.63, 3.8) is 0 Å². The van der Waals surface area contributed by atoms with E-state index in [1.165, 1.54) is 116 Å². The first-order valence-corrected chi connectivity index (χ1v) is 23.2. The summed E-state index contributed by atoms with van der Waals surface area (Å²) in [5.74, 6) is -0.349. The lowest BCUT2D eigenvalue weighted by atomic mass is 10.0. The van der Waals surface area contributed by atoms with Crippen LogP contribution < -0.4 is 0 Å². The van der Waals surface area contributed by atoms with Gasteiger partial charge in [-0.25, -0.2) is 4.57 Å². The van der Waals surface area contributed by atoms with E-state index < -0.39 is 13.9 Å². The van der Waals surface area contributed by atoms with E-state index >= 15 is 0 Å². The first-order chi connectivity index (χ1) is 25.6. The van der Waals surface area contributed by atoms with Gasteiger partial charge in [-0.15, -0.1) is 0 Å². The van der Waals surface area contributed by atoms with Crippen LogP contribution in [0.25, 0.3) is 0 Å². The number of unbranched alkanes of at least 4 members (excludes halogenated alkanes) is 20. The number of carbonyl (C=O) groups is 1. The zero-order valence-electron chi connectivity index (χ0n) is 35.3. The molecule has 0 aromatic heterocycles. The van der Waals surface area contributed by atoms with Gasteiger partial charge in [-0.2, -0.15) is 0 Å². The Morgan fingerprint density at radius 3 is 1.55 bits per heavy atom. The van der Waals surface area contributed by atoms with E-state index in [0.717, 1.165) is 38.5 Å². The molecular weight excluding hydrogens is 685 g/mol. The molecule has 0 bridgehead atoms. The Bertz CT molecular complexity index is 947. The van der Waals surface area contributed by atoms with Crippen LogP contribution in [0.2, 0.25) is 0 Å². The van der Waals surface area contributed by atoms with Crippen molar-refractivity contribution in [3.8, 4) is 0 Å². The van der Waals surface area contributed by atoms with E-state index in [1.807, 2.05) is 21.1 Å². The van der Waals surface area contributed by atoms with Crippen molar-refractivity contribution in [2.75, 3.05) is 54.1 Å². The third-order valence-corrected chi connectivity index (χ3v) is 10.2. The van der Waals surface area contributed by atoms with Crippen molar-refractivity contribution in [1.29, 1.82) is 0 Å². The van der Waals surface area contributed by atoms with Gasteiger partial charge in [0.05, 0.1) is 34.4 Å². The number of carbonyl (C=O) groups excluding carboxylic acids is 1. The van der Waals surface area contributed by atoms with E-state index in [2.05, 4.69) is 50.3 Å². The molecule has 0 rings (SSSR count). The van der Waals surface area contributed by atoms with E-state index in [4.69, 9.17) is 18.5 Å². The Labute approximate surface area is 327 Å². The average molecular weight is 771 g/mol. The van der Waals surface area contributed by atoms with Crippen molar-refractivity contribution in [2.45, 2.75) is 187 Å².